The first-order valence-corrected chi connectivity index (χ1v) is 9.06. The lowest BCUT2D eigenvalue weighted by molar-refractivity contribution is -0.137. The van der Waals surface area contributed by atoms with Crippen molar-refractivity contribution in [3.63, 3.8) is 0 Å². The zero-order valence-electron chi connectivity index (χ0n) is 13.0. The van der Waals surface area contributed by atoms with E-state index in [-0.39, 0.29) is 6.42 Å². The van der Waals surface area contributed by atoms with Gasteiger partial charge in [-0.25, -0.2) is 9.59 Å². The summed E-state index contributed by atoms with van der Waals surface area (Å²) in [5.74, 6) is 2.04. The molecule has 124 valence electrons. The first kappa shape index (κ1) is 17.7. The maximum atomic E-state index is 12.3. The topological polar surface area (TPSA) is 65.7 Å². The van der Waals surface area contributed by atoms with E-state index in [1.165, 1.54) is 7.11 Å². The first-order chi connectivity index (χ1) is 11.1. The molecule has 7 heteroatoms. The number of hydrogen-bond donors (Lipinski definition) is 0. The molecule has 1 aromatic rings. The van der Waals surface area contributed by atoms with Gasteiger partial charge in [0.1, 0.15) is 17.1 Å². The Balaban J connectivity index is 2.24. The molecule has 1 aliphatic heterocycles. The summed E-state index contributed by atoms with van der Waals surface area (Å²) < 4.78 is 16.4. The largest absolute Gasteiger partial charge is 0.466 e. The highest BCUT2D eigenvalue weighted by Gasteiger charge is 2.25. The third-order valence-electron chi connectivity index (χ3n) is 3.00. The molecule has 0 aliphatic carbocycles. The van der Waals surface area contributed by atoms with Crippen LogP contribution in [-0.4, -0.2) is 37.2 Å². The minimum atomic E-state index is -0.478. The molecule has 0 saturated carbocycles. The number of furan rings is 1. The predicted molar refractivity (Wildman–Crippen MR) is 92.0 cm³/mol. The van der Waals surface area contributed by atoms with Crippen LogP contribution in [0.15, 0.2) is 32.9 Å². The molecule has 0 N–H and O–H groups in total. The molecule has 0 radical (unpaired) electrons. The third-order valence-corrected chi connectivity index (χ3v) is 5.72. The molecular weight excluding hydrogens is 336 g/mol. The maximum absolute atomic E-state index is 12.3. The molecule has 2 heterocycles. The lowest BCUT2D eigenvalue weighted by Crippen LogP contribution is -2.07. The summed E-state index contributed by atoms with van der Waals surface area (Å²) in [4.78, 5) is 23.7. The second kappa shape index (κ2) is 8.31. The highest BCUT2D eigenvalue weighted by molar-refractivity contribution is 8.25. The Morgan fingerprint density at radius 3 is 2.57 bits per heavy atom. The lowest BCUT2D eigenvalue weighted by atomic mass is 10.2. The SMILES string of the molecule is C=C(Cc1ccc(C(C(=O)OCC)=C2SCCS2)o1)C(=O)OC. The number of thioether (sulfide) groups is 2. The molecule has 0 unspecified atom stereocenters. The number of hydrogen-bond acceptors (Lipinski definition) is 7. The molecule has 1 fully saturated rings. The van der Waals surface area contributed by atoms with E-state index in [0.717, 1.165) is 15.7 Å². The van der Waals surface area contributed by atoms with Crippen LogP contribution >= 0.6 is 23.5 Å². The summed E-state index contributed by atoms with van der Waals surface area (Å²) in [5.41, 5.74) is 0.748. The second-order valence-electron chi connectivity index (χ2n) is 4.62. The average molecular weight is 354 g/mol. The van der Waals surface area contributed by atoms with Crippen LogP contribution in [0.4, 0.5) is 0 Å². The van der Waals surface area contributed by atoms with Gasteiger partial charge in [0.15, 0.2) is 0 Å². The zero-order valence-corrected chi connectivity index (χ0v) is 14.7. The van der Waals surface area contributed by atoms with Gasteiger partial charge in [-0.15, -0.1) is 23.5 Å². The summed E-state index contributed by atoms with van der Waals surface area (Å²) in [6, 6.07) is 3.45. The molecule has 2 rings (SSSR count). The van der Waals surface area contributed by atoms with Crippen LogP contribution in [0.1, 0.15) is 18.4 Å². The molecule has 0 spiro atoms. The normalized spacial score (nSPS) is 13.7. The summed E-state index contributed by atoms with van der Waals surface area (Å²) in [7, 11) is 1.30. The lowest BCUT2D eigenvalue weighted by Gasteiger charge is -2.07. The van der Waals surface area contributed by atoms with Crippen molar-refractivity contribution in [3.05, 3.63) is 40.0 Å². The van der Waals surface area contributed by atoms with Crippen molar-refractivity contribution in [1.29, 1.82) is 0 Å². The minimum Gasteiger partial charge on any atom is -0.466 e. The van der Waals surface area contributed by atoms with Gasteiger partial charge in [0.2, 0.25) is 0 Å². The van der Waals surface area contributed by atoms with Crippen LogP contribution in [0.2, 0.25) is 0 Å². The zero-order chi connectivity index (χ0) is 16.8. The Kier molecular flexibility index (Phi) is 6.41. The van der Waals surface area contributed by atoms with E-state index < -0.39 is 11.9 Å². The molecule has 1 aliphatic rings. The Morgan fingerprint density at radius 2 is 1.96 bits per heavy atom. The molecule has 1 aromatic heterocycles. The maximum Gasteiger partial charge on any atom is 0.343 e. The van der Waals surface area contributed by atoms with E-state index in [2.05, 4.69) is 11.3 Å². The van der Waals surface area contributed by atoms with E-state index in [1.54, 1.807) is 42.6 Å². The van der Waals surface area contributed by atoms with Crippen molar-refractivity contribution >= 4 is 41.0 Å². The van der Waals surface area contributed by atoms with Crippen molar-refractivity contribution in [2.24, 2.45) is 0 Å². The van der Waals surface area contributed by atoms with Gasteiger partial charge in [-0.1, -0.05) is 6.58 Å². The first-order valence-electron chi connectivity index (χ1n) is 7.09. The van der Waals surface area contributed by atoms with E-state index >= 15 is 0 Å². The van der Waals surface area contributed by atoms with Gasteiger partial charge in [0.05, 0.1) is 18.0 Å². The van der Waals surface area contributed by atoms with Crippen LogP contribution in [0, 0.1) is 0 Å². The summed E-state index contributed by atoms with van der Waals surface area (Å²) in [6.45, 7) is 5.74. The Hall–Kier alpha value is -1.60. The van der Waals surface area contributed by atoms with Gasteiger partial charge in [-0.3, -0.25) is 0 Å². The summed E-state index contributed by atoms with van der Waals surface area (Å²) >= 11 is 3.24. The van der Waals surface area contributed by atoms with Gasteiger partial charge in [0.25, 0.3) is 0 Å². The highest BCUT2D eigenvalue weighted by Crippen LogP contribution is 2.42. The van der Waals surface area contributed by atoms with Crippen LogP contribution in [-0.2, 0) is 25.5 Å². The van der Waals surface area contributed by atoms with Crippen molar-refractivity contribution < 1.29 is 23.5 Å². The Morgan fingerprint density at radius 1 is 1.26 bits per heavy atom. The number of carbonyl (C=O) groups excluding carboxylic acids is 2. The fourth-order valence-corrected chi connectivity index (χ4v) is 4.50. The minimum absolute atomic E-state index is 0.235. The number of esters is 2. The number of carbonyl (C=O) groups is 2. The highest BCUT2D eigenvalue weighted by atomic mass is 32.2. The molecular formula is C16H18O5S2. The van der Waals surface area contributed by atoms with Gasteiger partial charge >= 0.3 is 11.9 Å². The molecule has 5 nitrogen and oxygen atoms in total. The smallest absolute Gasteiger partial charge is 0.343 e. The monoisotopic (exact) mass is 354 g/mol. The van der Waals surface area contributed by atoms with E-state index in [0.29, 0.717) is 29.3 Å². The fraction of sp³-hybridized carbons (Fsp3) is 0.375. The van der Waals surface area contributed by atoms with Gasteiger partial charge in [-0.2, -0.15) is 0 Å². The molecule has 0 aromatic carbocycles. The third kappa shape index (κ3) is 4.45. The van der Waals surface area contributed by atoms with Gasteiger partial charge in [0, 0.05) is 23.5 Å². The second-order valence-corrected chi connectivity index (χ2v) is 7.09. The van der Waals surface area contributed by atoms with Crippen LogP contribution in [0.3, 0.4) is 0 Å². The predicted octanol–water partition coefficient (Wildman–Crippen LogP) is 3.26. The van der Waals surface area contributed by atoms with Gasteiger partial charge in [-0.05, 0) is 19.1 Å². The standard InChI is InChI=1S/C16H18O5S2/c1-4-20-15(18)13(16-22-7-8-23-16)12-6-5-11(21-12)9-10(2)14(17)19-3/h5-6H,2,4,7-9H2,1,3H3. The average Bonchev–Trinajstić information content (AvgIpc) is 3.20. The van der Waals surface area contributed by atoms with Crippen LogP contribution in [0.5, 0.6) is 0 Å². The fourth-order valence-electron chi connectivity index (χ4n) is 1.98. The number of ether oxygens (including phenoxy) is 2. The molecule has 1 saturated heterocycles. The molecule has 0 atom stereocenters. The van der Waals surface area contributed by atoms with Crippen molar-refractivity contribution in [2.75, 3.05) is 25.2 Å². The Bertz CT molecular complexity index is 637. The Labute approximate surface area is 143 Å². The van der Waals surface area contributed by atoms with E-state index in [9.17, 15) is 9.59 Å². The van der Waals surface area contributed by atoms with Gasteiger partial charge < -0.3 is 13.9 Å². The quantitative estimate of drug-likeness (QED) is 0.574. The van der Waals surface area contributed by atoms with Crippen molar-refractivity contribution in [3.8, 4) is 0 Å². The number of methoxy groups -OCH3 is 1. The molecule has 23 heavy (non-hydrogen) atoms. The number of rotatable bonds is 6. The van der Waals surface area contributed by atoms with Crippen molar-refractivity contribution in [2.45, 2.75) is 13.3 Å². The van der Waals surface area contributed by atoms with E-state index in [4.69, 9.17) is 9.15 Å². The molecule has 0 amide bonds. The summed E-state index contributed by atoms with van der Waals surface area (Å²) in [6.07, 6.45) is 0.235. The van der Waals surface area contributed by atoms with Crippen LogP contribution < -0.4 is 0 Å². The van der Waals surface area contributed by atoms with Crippen LogP contribution in [0.25, 0.3) is 5.57 Å². The molecule has 0 bridgehead atoms. The van der Waals surface area contributed by atoms with Crippen molar-refractivity contribution in [1.82, 2.24) is 0 Å². The summed E-state index contributed by atoms with van der Waals surface area (Å²) in [5, 5.41) is 0. The van der Waals surface area contributed by atoms with E-state index in [1.807, 2.05) is 0 Å².